The van der Waals surface area contributed by atoms with Crippen molar-refractivity contribution in [1.82, 2.24) is 9.36 Å². The Hall–Kier alpha value is -0.970. The molecule has 0 aliphatic carbocycles. The SMILES string of the molecule is CCc1nsc(N2CCCC(=O)C2)n1. The van der Waals surface area contributed by atoms with Crippen molar-refractivity contribution < 1.29 is 4.79 Å². The summed E-state index contributed by atoms with van der Waals surface area (Å²) in [6.07, 6.45) is 2.52. The third-order valence-electron chi connectivity index (χ3n) is 2.29. The smallest absolute Gasteiger partial charge is 0.205 e. The summed E-state index contributed by atoms with van der Waals surface area (Å²) < 4.78 is 4.21. The molecule has 2 rings (SSSR count). The number of aryl methyl sites for hydroxylation is 1. The lowest BCUT2D eigenvalue weighted by Crippen LogP contribution is -2.35. The predicted octanol–water partition coefficient (Wildman–Crippen LogP) is 1.27. The van der Waals surface area contributed by atoms with Gasteiger partial charge in [-0.3, -0.25) is 4.79 Å². The number of hydrogen-bond acceptors (Lipinski definition) is 5. The number of aromatic nitrogens is 2. The molecule has 5 heteroatoms. The monoisotopic (exact) mass is 211 g/mol. The van der Waals surface area contributed by atoms with E-state index in [9.17, 15) is 4.79 Å². The zero-order valence-corrected chi connectivity index (χ0v) is 9.01. The van der Waals surface area contributed by atoms with E-state index in [2.05, 4.69) is 9.36 Å². The van der Waals surface area contributed by atoms with Crippen molar-refractivity contribution >= 4 is 22.4 Å². The van der Waals surface area contributed by atoms with Crippen molar-refractivity contribution in [3.05, 3.63) is 5.82 Å². The predicted molar refractivity (Wildman–Crippen MR) is 55.7 cm³/mol. The first-order valence-electron chi connectivity index (χ1n) is 4.89. The second-order valence-corrected chi connectivity index (χ2v) is 4.14. The van der Waals surface area contributed by atoms with Crippen molar-refractivity contribution in [3.8, 4) is 0 Å². The fourth-order valence-corrected chi connectivity index (χ4v) is 2.29. The Morgan fingerprint density at radius 1 is 1.57 bits per heavy atom. The van der Waals surface area contributed by atoms with Gasteiger partial charge in [-0.2, -0.15) is 4.37 Å². The van der Waals surface area contributed by atoms with E-state index >= 15 is 0 Å². The van der Waals surface area contributed by atoms with Crippen LogP contribution in [0.5, 0.6) is 0 Å². The highest BCUT2D eigenvalue weighted by atomic mass is 32.1. The lowest BCUT2D eigenvalue weighted by molar-refractivity contribution is -0.118. The quantitative estimate of drug-likeness (QED) is 0.739. The number of hydrogen-bond donors (Lipinski definition) is 0. The molecule has 0 bridgehead atoms. The van der Waals surface area contributed by atoms with Crippen LogP contribution in [0.15, 0.2) is 0 Å². The second kappa shape index (κ2) is 4.04. The minimum Gasteiger partial charge on any atom is -0.340 e. The first-order valence-corrected chi connectivity index (χ1v) is 5.66. The molecule has 0 unspecified atom stereocenters. The Labute approximate surface area is 87.1 Å². The molecule has 0 spiro atoms. The Balaban J connectivity index is 2.09. The molecule has 0 N–H and O–H groups in total. The number of ketones is 1. The number of carbonyl (C=O) groups is 1. The van der Waals surface area contributed by atoms with Gasteiger partial charge >= 0.3 is 0 Å². The summed E-state index contributed by atoms with van der Waals surface area (Å²) in [5.74, 6) is 1.19. The van der Waals surface area contributed by atoms with Crippen molar-refractivity contribution in [2.24, 2.45) is 0 Å². The van der Waals surface area contributed by atoms with Crippen LogP contribution in [-0.2, 0) is 11.2 Å². The van der Waals surface area contributed by atoms with Gasteiger partial charge in [-0.15, -0.1) is 0 Å². The lowest BCUT2D eigenvalue weighted by atomic mass is 10.1. The number of Topliss-reactive ketones (excluding diaryl/α,β-unsaturated/α-hetero) is 1. The Bertz CT molecular complexity index is 337. The van der Waals surface area contributed by atoms with Crippen molar-refractivity contribution in [2.75, 3.05) is 18.0 Å². The third kappa shape index (κ3) is 1.92. The van der Waals surface area contributed by atoms with Gasteiger partial charge in [-0.1, -0.05) is 6.92 Å². The largest absolute Gasteiger partial charge is 0.340 e. The van der Waals surface area contributed by atoms with Crippen LogP contribution in [0.1, 0.15) is 25.6 Å². The van der Waals surface area contributed by atoms with Crippen molar-refractivity contribution in [2.45, 2.75) is 26.2 Å². The van der Waals surface area contributed by atoms with Gasteiger partial charge in [-0.25, -0.2) is 4.98 Å². The highest BCUT2D eigenvalue weighted by Crippen LogP contribution is 2.20. The van der Waals surface area contributed by atoms with Crippen LogP contribution in [0.3, 0.4) is 0 Å². The molecule has 4 nitrogen and oxygen atoms in total. The fourth-order valence-electron chi connectivity index (χ4n) is 1.52. The molecule has 0 amide bonds. The summed E-state index contributed by atoms with van der Waals surface area (Å²) in [5.41, 5.74) is 0. The second-order valence-electron chi connectivity index (χ2n) is 3.41. The van der Waals surface area contributed by atoms with E-state index in [0.29, 0.717) is 12.3 Å². The summed E-state index contributed by atoms with van der Waals surface area (Å²) >= 11 is 1.40. The summed E-state index contributed by atoms with van der Waals surface area (Å²) in [6.45, 7) is 3.48. The first-order chi connectivity index (χ1) is 6.79. The Morgan fingerprint density at radius 2 is 2.43 bits per heavy atom. The van der Waals surface area contributed by atoms with Gasteiger partial charge < -0.3 is 4.90 Å². The maximum absolute atomic E-state index is 11.2. The van der Waals surface area contributed by atoms with E-state index in [4.69, 9.17) is 0 Å². The van der Waals surface area contributed by atoms with Gasteiger partial charge in [-0.05, 0) is 6.42 Å². The fraction of sp³-hybridized carbons (Fsp3) is 0.667. The molecule has 1 aliphatic heterocycles. The highest BCUT2D eigenvalue weighted by Gasteiger charge is 2.19. The average molecular weight is 211 g/mol. The molecule has 1 saturated heterocycles. The van der Waals surface area contributed by atoms with Gasteiger partial charge in [0.1, 0.15) is 5.82 Å². The van der Waals surface area contributed by atoms with Crippen LogP contribution in [-0.4, -0.2) is 28.2 Å². The number of carbonyl (C=O) groups excluding carboxylic acids is 1. The Morgan fingerprint density at radius 3 is 3.07 bits per heavy atom. The maximum Gasteiger partial charge on any atom is 0.205 e. The topological polar surface area (TPSA) is 46.1 Å². The maximum atomic E-state index is 11.2. The van der Waals surface area contributed by atoms with E-state index in [0.717, 1.165) is 36.8 Å². The summed E-state index contributed by atoms with van der Waals surface area (Å²) in [6, 6.07) is 0. The van der Waals surface area contributed by atoms with Gasteiger partial charge in [0, 0.05) is 30.9 Å². The van der Waals surface area contributed by atoms with Crippen LogP contribution in [0.4, 0.5) is 5.13 Å². The Kier molecular flexibility index (Phi) is 2.77. The standard InChI is InChI=1S/C9H13N3OS/c1-2-8-10-9(14-11-8)12-5-3-4-7(13)6-12/h2-6H2,1H3. The molecule has 0 radical (unpaired) electrons. The number of nitrogens with zero attached hydrogens (tertiary/aromatic N) is 3. The number of anilines is 1. The molecule has 0 atom stereocenters. The molecule has 14 heavy (non-hydrogen) atoms. The molecule has 2 heterocycles. The molecule has 1 aliphatic rings. The lowest BCUT2D eigenvalue weighted by Gasteiger charge is -2.24. The van der Waals surface area contributed by atoms with Crippen molar-refractivity contribution in [3.63, 3.8) is 0 Å². The average Bonchev–Trinajstić information content (AvgIpc) is 2.66. The van der Waals surface area contributed by atoms with E-state index in [1.54, 1.807) is 0 Å². The van der Waals surface area contributed by atoms with Crippen molar-refractivity contribution in [1.29, 1.82) is 0 Å². The van der Waals surface area contributed by atoms with Crippen LogP contribution in [0, 0.1) is 0 Å². The highest BCUT2D eigenvalue weighted by molar-refractivity contribution is 7.09. The van der Waals surface area contributed by atoms with Gasteiger partial charge in [0.05, 0.1) is 6.54 Å². The zero-order valence-electron chi connectivity index (χ0n) is 8.19. The van der Waals surface area contributed by atoms with Gasteiger partial charge in [0.2, 0.25) is 5.13 Å². The molecular weight excluding hydrogens is 198 g/mol. The molecular formula is C9H13N3OS. The van der Waals surface area contributed by atoms with Crippen LogP contribution < -0.4 is 4.90 Å². The first kappa shape index (κ1) is 9.58. The van der Waals surface area contributed by atoms with Crippen LogP contribution >= 0.6 is 11.5 Å². The number of rotatable bonds is 2. The van der Waals surface area contributed by atoms with Gasteiger partial charge in [0.15, 0.2) is 5.78 Å². The van der Waals surface area contributed by atoms with E-state index < -0.39 is 0 Å². The summed E-state index contributed by atoms with van der Waals surface area (Å²) in [7, 11) is 0. The van der Waals surface area contributed by atoms with Gasteiger partial charge in [0.25, 0.3) is 0 Å². The number of piperidine rings is 1. The molecule has 76 valence electrons. The minimum atomic E-state index is 0.310. The van der Waals surface area contributed by atoms with Crippen LogP contribution in [0.2, 0.25) is 0 Å². The summed E-state index contributed by atoms with van der Waals surface area (Å²) in [5, 5.41) is 0.898. The van der Waals surface area contributed by atoms with Crippen LogP contribution in [0.25, 0.3) is 0 Å². The third-order valence-corrected chi connectivity index (χ3v) is 3.11. The minimum absolute atomic E-state index is 0.310. The normalized spacial score (nSPS) is 17.5. The zero-order chi connectivity index (χ0) is 9.97. The van der Waals surface area contributed by atoms with E-state index in [1.807, 2.05) is 11.8 Å². The molecule has 1 aromatic rings. The molecule has 1 aromatic heterocycles. The van der Waals surface area contributed by atoms with E-state index in [1.165, 1.54) is 11.5 Å². The summed E-state index contributed by atoms with van der Waals surface area (Å²) in [4.78, 5) is 17.6. The molecule has 0 saturated carbocycles. The molecule has 0 aromatic carbocycles. The van der Waals surface area contributed by atoms with E-state index in [-0.39, 0.29) is 0 Å². The molecule has 1 fully saturated rings.